The monoisotopic (exact) mass is 462 g/mol. The lowest BCUT2D eigenvalue weighted by Gasteiger charge is -2.32. The predicted molar refractivity (Wildman–Crippen MR) is 141 cm³/mol. The fourth-order valence-corrected chi connectivity index (χ4v) is 7.61. The molecule has 2 N–H and O–H groups in total. The molecule has 33 heavy (non-hydrogen) atoms. The Morgan fingerprint density at radius 2 is 1.24 bits per heavy atom. The van der Waals surface area contributed by atoms with E-state index in [9.17, 15) is 10.2 Å². The summed E-state index contributed by atoms with van der Waals surface area (Å²) in [7, 11) is 0. The van der Waals surface area contributed by atoms with E-state index in [2.05, 4.69) is 20.8 Å². The molecule has 0 bridgehead atoms. The summed E-state index contributed by atoms with van der Waals surface area (Å²) < 4.78 is 0. The Hall–Kier alpha value is -0.0800. The van der Waals surface area contributed by atoms with E-state index in [4.69, 9.17) is 0 Å². The van der Waals surface area contributed by atoms with Crippen LogP contribution in [-0.2, 0) is 0 Å². The van der Waals surface area contributed by atoms with E-state index >= 15 is 0 Å². The molecule has 0 aromatic rings. The predicted octanol–water partition coefficient (Wildman–Crippen LogP) is 8.53. The molecule has 0 aliphatic heterocycles. The van der Waals surface area contributed by atoms with E-state index in [1.54, 1.807) is 0 Å². The maximum atomic E-state index is 10.8. The normalized spacial score (nSPS) is 33.0. The highest BCUT2D eigenvalue weighted by Crippen LogP contribution is 2.39. The van der Waals surface area contributed by atoms with E-state index in [0.717, 1.165) is 48.9 Å². The minimum absolute atomic E-state index is 0.515. The van der Waals surface area contributed by atoms with Gasteiger partial charge < -0.3 is 10.2 Å². The molecule has 0 spiro atoms. The second-order valence-electron chi connectivity index (χ2n) is 13.1. The van der Waals surface area contributed by atoms with Crippen molar-refractivity contribution < 1.29 is 10.2 Å². The van der Waals surface area contributed by atoms with Crippen molar-refractivity contribution in [1.29, 1.82) is 0 Å². The third-order valence-corrected chi connectivity index (χ3v) is 10.5. The first kappa shape index (κ1) is 27.5. The number of hydrogen-bond acceptors (Lipinski definition) is 2. The smallest absolute Gasteiger partial charge is 0.0801 e. The van der Waals surface area contributed by atoms with Crippen LogP contribution in [-0.4, -0.2) is 22.4 Å². The molecule has 0 radical (unpaired) electrons. The topological polar surface area (TPSA) is 40.5 Å². The molecule has 3 aliphatic carbocycles. The average molecular weight is 463 g/mol. The van der Waals surface area contributed by atoms with Crippen LogP contribution in [0, 0.1) is 41.4 Å². The van der Waals surface area contributed by atoms with Crippen LogP contribution >= 0.6 is 0 Å². The quantitative estimate of drug-likeness (QED) is 0.288. The maximum absolute atomic E-state index is 10.8. The van der Waals surface area contributed by atoms with E-state index < -0.39 is 12.2 Å². The maximum Gasteiger partial charge on any atom is 0.0801 e. The Kier molecular flexibility index (Phi) is 12.1. The van der Waals surface area contributed by atoms with E-state index in [1.807, 2.05) is 0 Å². The number of rotatable bonds is 13. The zero-order valence-corrected chi connectivity index (χ0v) is 22.5. The first-order valence-electron chi connectivity index (χ1n) is 15.3. The van der Waals surface area contributed by atoms with Crippen LogP contribution in [0.4, 0.5) is 0 Å². The molecular weight excluding hydrogens is 404 g/mol. The highest BCUT2D eigenvalue weighted by molar-refractivity contribution is 4.81. The largest absolute Gasteiger partial charge is 0.390 e. The van der Waals surface area contributed by atoms with Crippen molar-refractivity contribution in [2.24, 2.45) is 41.4 Å². The van der Waals surface area contributed by atoms with Crippen molar-refractivity contribution in [1.82, 2.24) is 0 Å². The molecule has 4 atom stereocenters. The SMILES string of the molecule is CC[C@H](C)[C@H](CCC1CCC(C)CC1)CC[C@H](O)[C@@H](O)CC1CCC(CC2CCCC2)CC1. The molecule has 3 saturated carbocycles. The molecule has 3 fully saturated rings. The lowest BCUT2D eigenvalue weighted by Crippen LogP contribution is -2.30. The van der Waals surface area contributed by atoms with Gasteiger partial charge in [-0.1, -0.05) is 111 Å². The summed E-state index contributed by atoms with van der Waals surface area (Å²) in [6.45, 7) is 7.13. The minimum atomic E-state index is -0.525. The minimum Gasteiger partial charge on any atom is -0.390 e. The zero-order valence-electron chi connectivity index (χ0n) is 22.5. The van der Waals surface area contributed by atoms with Crippen molar-refractivity contribution in [3.8, 4) is 0 Å². The van der Waals surface area contributed by atoms with Crippen LogP contribution in [0.1, 0.15) is 143 Å². The summed E-state index contributed by atoms with van der Waals surface area (Å²) in [4.78, 5) is 0. The Bertz CT molecular complexity index is 497. The lowest BCUT2D eigenvalue weighted by atomic mass is 9.75. The first-order valence-corrected chi connectivity index (χ1v) is 15.3. The molecule has 0 aromatic heterocycles. The van der Waals surface area contributed by atoms with Gasteiger partial charge in [0.05, 0.1) is 12.2 Å². The highest BCUT2D eigenvalue weighted by atomic mass is 16.3. The van der Waals surface area contributed by atoms with Gasteiger partial charge in [-0.2, -0.15) is 0 Å². The molecular formula is C31H58O2. The molecule has 2 heteroatoms. The van der Waals surface area contributed by atoms with Crippen molar-refractivity contribution in [2.45, 2.75) is 155 Å². The van der Waals surface area contributed by atoms with Gasteiger partial charge >= 0.3 is 0 Å². The van der Waals surface area contributed by atoms with Gasteiger partial charge in [-0.15, -0.1) is 0 Å². The molecule has 2 nitrogen and oxygen atoms in total. The molecule has 194 valence electrons. The average Bonchev–Trinajstić information content (AvgIpc) is 3.34. The van der Waals surface area contributed by atoms with E-state index in [1.165, 1.54) is 103 Å². The molecule has 3 aliphatic rings. The Morgan fingerprint density at radius 3 is 1.88 bits per heavy atom. The zero-order chi connectivity index (χ0) is 23.6. The van der Waals surface area contributed by atoms with Crippen molar-refractivity contribution >= 4 is 0 Å². The highest BCUT2D eigenvalue weighted by Gasteiger charge is 2.29. The standard InChI is InChI=1S/C31H58O2/c1-4-24(3)29(18-17-25-11-9-23(2)10-12-25)19-20-30(32)31(33)22-28-15-13-27(14-16-28)21-26-7-5-6-8-26/h23-33H,4-22H2,1-3H3/t23?,24-,25?,27?,28?,29+,30-,31-/m0/s1. The summed E-state index contributed by atoms with van der Waals surface area (Å²) in [5.41, 5.74) is 0. The van der Waals surface area contributed by atoms with Crippen molar-refractivity contribution in [3.05, 3.63) is 0 Å². The Balaban J connectivity index is 1.33. The molecule has 0 unspecified atom stereocenters. The van der Waals surface area contributed by atoms with Gasteiger partial charge in [0.15, 0.2) is 0 Å². The number of aliphatic hydroxyl groups excluding tert-OH is 2. The van der Waals surface area contributed by atoms with Crippen molar-refractivity contribution in [3.63, 3.8) is 0 Å². The number of aliphatic hydroxyl groups is 2. The summed E-state index contributed by atoms with van der Waals surface area (Å²) in [6, 6.07) is 0. The molecule has 3 rings (SSSR count). The van der Waals surface area contributed by atoms with E-state index in [-0.39, 0.29) is 0 Å². The molecule has 0 amide bonds. The summed E-state index contributed by atoms with van der Waals surface area (Å²) >= 11 is 0. The van der Waals surface area contributed by atoms with Crippen LogP contribution in [0.15, 0.2) is 0 Å². The lowest BCUT2D eigenvalue weighted by molar-refractivity contribution is -0.00877. The van der Waals surface area contributed by atoms with Crippen LogP contribution in [0.25, 0.3) is 0 Å². The summed E-state index contributed by atoms with van der Waals surface area (Å²) in [6.07, 6.45) is 23.9. The van der Waals surface area contributed by atoms with Crippen LogP contribution in [0.5, 0.6) is 0 Å². The molecule has 0 saturated heterocycles. The van der Waals surface area contributed by atoms with Crippen molar-refractivity contribution in [2.75, 3.05) is 0 Å². The van der Waals surface area contributed by atoms with Crippen LogP contribution in [0.3, 0.4) is 0 Å². The van der Waals surface area contributed by atoms with Gasteiger partial charge in [0.25, 0.3) is 0 Å². The fourth-order valence-electron chi connectivity index (χ4n) is 7.61. The van der Waals surface area contributed by atoms with Crippen LogP contribution in [0.2, 0.25) is 0 Å². The number of hydrogen-bond donors (Lipinski definition) is 2. The first-order chi connectivity index (χ1) is 15.9. The summed E-state index contributed by atoms with van der Waals surface area (Å²) in [5.74, 6) is 5.90. The van der Waals surface area contributed by atoms with Gasteiger partial charge in [-0.3, -0.25) is 0 Å². The van der Waals surface area contributed by atoms with Gasteiger partial charge in [0.2, 0.25) is 0 Å². The third kappa shape index (κ3) is 9.47. The van der Waals surface area contributed by atoms with Gasteiger partial charge in [0.1, 0.15) is 0 Å². The second-order valence-corrected chi connectivity index (χ2v) is 13.1. The Morgan fingerprint density at radius 1 is 0.667 bits per heavy atom. The van der Waals surface area contributed by atoms with Gasteiger partial charge in [-0.05, 0) is 73.5 Å². The van der Waals surface area contributed by atoms with Gasteiger partial charge in [-0.25, -0.2) is 0 Å². The summed E-state index contributed by atoms with van der Waals surface area (Å²) in [5, 5.41) is 21.6. The Labute approximate surface area is 206 Å². The second kappa shape index (κ2) is 14.5. The fraction of sp³-hybridized carbons (Fsp3) is 1.00. The molecule has 0 aromatic carbocycles. The third-order valence-electron chi connectivity index (χ3n) is 10.5. The van der Waals surface area contributed by atoms with Gasteiger partial charge in [0, 0.05) is 0 Å². The van der Waals surface area contributed by atoms with E-state index in [0.29, 0.717) is 11.8 Å². The van der Waals surface area contributed by atoms with Crippen LogP contribution < -0.4 is 0 Å². The molecule has 0 heterocycles.